The van der Waals surface area contributed by atoms with Crippen molar-refractivity contribution in [2.75, 3.05) is 20.3 Å². The number of aliphatic hydroxyl groups is 1. The molecule has 0 aliphatic rings. The van der Waals surface area contributed by atoms with Crippen molar-refractivity contribution in [2.24, 2.45) is 0 Å². The van der Waals surface area contributed by atoms with Crippen LogP contribution in [-0.2, 0) is 9.47 Å². The van der Waals surface area contributed by atoms with E-state index in [0.717, 1.165) is 0 Å². The number of ether oxygens (including phenoxy) is 2. The first-order chi connectivity index (χ1) is 4.76. The zero-order valence-electron chi connectivity index (χ0n) is 6.83. The summed E-state index contributed by atoms with van der Waals surface area (Å²) in [5.74, 6) is 0. The van der Waals surface area contributed by atoms with Gasteiger partial charge in [-0.05, 0) is 13.8 Å². The van der Waals surface area contributed by atoms with Crippen molar-refractivity contribution in [3.05, 3.63) is 0 Å². The highest BCUT2D eigenvalue weighted by Gasteiger charge is 2.14. The fraction of sp³-hybridized carbons (Fsp3) is 1.00. The highest BCUT2D eigenvalue weighted by Crippen LogP contribution is 2.00. The largest absolute Gasteiger partial charge is 0.394 e. The maximum Gasteiger partial charge on any atom is 0.106 e. The van der Waals surface area contributed by atoms with E-state index in [4.69, 9.17) is 14.6 Å². The standard InChI is InChI=1S/C7H16O3/c1-4-10-7(5-8)6(2)9-3/h6-8H,4-5H2,1-3H3/t6-,7?/m0/s1. The molecule has 0 amide bonds. The summed E-state index contributed by atoms with van der Waals surface area (Å²) >= 11 is 0. The van der Waals surface area contributed by atoms with Gasteiger partial charge in [-0.2, -0.15) is 0 Å². The van der Waals surface area contributed by atoms with E-state index in [1.165, 1.54) is 0 Å². The summed E-state index contributed by atoms with van der Waals surface area (Å²) in [6, 6.07) is 0. The third-order valence-corrected chi connectivity index (χ3v) is 1.46. The fourth-order valence-electron chi connectivity index (χ4n) is 0.703. The van der Waals surface area contributed by atoms with Gasteiger partial charge in [-0.15, -0.1) is 0 Å². The van der Waals surface area contributed by atoms with Gasteiger partial charge in [-0.3, -0.25) is 0 Å². The molecule has 0 fully saturated rings. The summed E-state index contributed by atoms with van der Waals surface area (Å²) in [5.41, 5.74) is 0. The minimum absolute atomic E-state index is 0.0167. The molecule has 1 unspecified atom stereocenters. The van der Waals surface area contributed by atoms with Gasteiger partial charge < -0.3 is 14.6 Å². The summed E-state index contributed by atoms with van der Waals surface area (Å²) in [7, 11) is 1.60. The third-order valence-electron chi connectivity index (χ3n) is 1.46. The predicted molar refractivity (Wildman–Crippen MR) is 39.0 cm³/mol. The molecule has 0 saturated heterocycles. The topological polar surface area (TPSA) is 38.7 Å². The van der Waals surface area contributed by atoms with Gasteiger partial charge in [-0.1, -0.05) is 0 Å². The van der Waals surface area contributed by atoms with Crippen LogP contribution in [0.5, 0.6) is 0 Å². The van der Waals surface area contributed by atoms with Crippen LogP contribution in [0.25, 0.3) is 0 Å². The van der Waals surface area contributed by atoms with E-state index in [1.807, 2.05) is 13.8 Å². The highest BCUT2D eigenvalue weighted by atomic mass is 16.5. The zero-order chi connectivity index (χ0) is 7.98. The van der Waals surface area contributed by atoms with Gasteiger partial charge >= 0.3 is 0 Å². The minimum Gasteiger partial charge on any atom is -0.394 e. The smallest absolute Gasteiger partial charge is 0.106 e. The molecular weight excluding hydrogens is 132 g/mol. The Balaban J connectivity index is 3.56. The molecule has 3 nitrogen and oxygen atoms in total. The molecule has 0 saturated carbocycles. The highest BCUT2D eigenvalue weighted by molar-refractivity contribution is 4.63. The SMILES string of the molecule is CCOC(CO)[C@H](C)OC. The van der Waals surface area contributed by atoms with E-state index in [1.54, 1.807) is 7.11 Å². The maximum absolute atomic E-state index is 8.75. The molecular formula is C7H16O3. The van der Waals surface area contributed by atoms with Crippen molar-refractivity contribution in [3.63, 3.8) is 0 Å². The van der Waals surface area contributed by atoms with Gasteiger partial charge in [-0.25, -0.2) is 0 Å². The second-order valence-corrected chi connectivity index (χ2v) is 2.12. The Morgan fingerprint density at radius 1 is 1.50 bits per heavy atom. The lowest BCUT2D eigenvalue weighted by molar-refractivity contribution is -0.0673. The van der Waals surface area contributed by atoms with Gasteiger partial charge in [0.2, 0.25) is 0 Å². The first kappa shape index (κ1) is 9.88. The molecule has 1 N–H and O–H groups in total. The third kappa shape index (κ3) is 3.15. The van der Waals surface area contributed by atoms with E-state index in [9.17, 15) is 0 Å². The summed E-state index contributed by atoms with van der Waals surface area (Å²) in [4.78, 5) is 0. The van der Waals surface area contributed by atoms with Crippen LogP contribution >= 0.6 is 0 Å². The van der Waals surface area contributed by atoms with Crippen molar-refractivity contribution >= 4 is 0 Å². The lowest BCUT2D eigenvalue weighted by Crippen LogP contribution is -2.31. The Morgan fingerprint density at radius 3 is 2.40 bits per heavy atom. The van der Waals surface area contributed by atoms with Crippen LogP contribution in [0.15, 0.2) is 0 Å². The Hall–Kier alpha value is -0.120. The number of aliphatic hydroxyl groups excluding tert-OH is 1. The van der Waals surface area contributed by atoms with Crippen LogP contribution in [0.2, 0.25) is 0 Å². The van der Waals surface area contributed by atoms with Crippen LogP contribution in [0.3, 0.4) is 0 Å². The predicted octanol–water partition coefficient (Wildman–Crippen LogP) is 0.419. The number of methoxy groups -OCH3 is 1. The molecule has 0 spiro atoms. The number of rotatable bonds is 5. The van der Waals surface area contributed by atoms with Gasteiger partial charge in [0.15, 0.2) is 0 Å². The van der Waals surface area contributed by atoms with Crippen molar-refractivity contribution in [1.29, 1.82) is 0 Å². The zero-order valence-corrected chi connectivity index (χ0v) is 6.83. The number of hydrogen-bond acceptors (Lipinski definition) is 3. The Bertz CT molecular complexity index is 75.3. The lowest BCUT2D eigenvalue weighted by atomic mass is 10.2. The molecule has 2 atom stereocenters. The van der Waals surface area contributed by atoms with Crippen LogP contribution < -0.4 is 0 Å². The van der Waals surface area contributed by atoms with E-state index < -0.39 is 0 Å². The fourth-order valence-corrected chi connectivity index (χ4v) is 0.703. The van der Waals surface area contributed by atoms with Gasteiger partial charge in [0.25, 0.3) is 0 Å². The first-order valence-electron chi connectivity index (χ1n) is 3.51. The summed E-state index contributed by atoms with van der Waals surface area (Å²) in [6.07, 6.45) is -0.222. The molecule has 0 aliphatic carbocycles. The Kier molecular flexibility index (Phi) is 5.58. The van der Waals surface area contributed by atoms with E-state index in [-0.39, 0.29) is 18.8 Å². The number of hydrogen-bond donors (Lipinski definition) is 1. The average Bonchev–Trinajstić information content (AvgIpc) is 1.99. The van der Waals surface area contributed by atoms with E-state index in [0.29, 0.717) is 6.61 Å². The van der Waals surface area contributed by atoms with E-state index >= 15 is 0 Å². The summed E-state index contributed by atoms with van der Waals surface area (Å²) in [6.45, 7) is 4.39. The molecule has 0 aromatic heterocycles. The van der Waals surface area contributed by atoms with E-state index in [2.05, 4.69) is 0 Å². The van der Waals surface area contributed by atoms with Crippen LogP contribution in [0.4, 0.5) is 0 Å². The average molecular weight is 148 g/mol. The molecule has 62 valence electrons. The van der Waals surface area contributed by atoms with Crippen molar-refractivity contribution in [2.45, 2.75) is 26.1 Å². The summed E-state index contributed by atoms with van der Waals surface area (Å²) in [5, 5.41) is 8.75. The van der Waals surface area contributed by atoms with Crippen LogP contribution in [-0.4, -0.2) is 37.6 Å². The molecule has 10 heavy (non-hydrogen) atoms. The first-order valence-corrected chi connectivity index (χ1v) is 3.51. The van der Waals surface area contributed by atoms with Crippen molar-refractivity contribution < 1.29 is 14.6 Å². The van der Waals surface area contributed by atoms with Gasteiger partial charge in [0, 0.05) is 13.7 Å². The second kappa shape index (κ2) is 5.65. The van der Waals surface area contributed by atoms with Crippen molar-refractivity contribution in [3.8, 4) is 0 Å². The molecule has 0 aliphatic heterocycles. The van der Waals surface area contributed by atoms with Crippen LogP contribution in [0, 0.1) is 0 Å². The van der Waals surface area contributed by atoms with Gasteiger partial charge in [0.1, 0.15) is 6.10 Å². The molecule has 0 bridgehead atoms. The minimum atomic E-state index is -0.185. The molecule has 0 rings (SSSR count). The van der Waals surface area contributed by atoms with Crippen LogP contribution in [0.1, 0.15) is 13.8 Å². The molecule has 0 aromatic rings. The monoisotopic (exact) mass is 148 g/mol. The normalized spacial score (nSPS) is 16.8. The summed E-state index contributed by atoms with van der Waals surface area (Å²) < 4.78 is 10.1. The molecule has 0 heterocycles. The lowest BCUT2D eigenvalue weighted by Gasteiger charge is -2.19. The van der Waals surface area contributed by atoms with Gasteiger partial charge in [0.05, 0.1) is 12.7 Å². The molecule has 0 aromatic carbocycles. The molecule has 3 heteroatoms. The Labute approximate surface area is 62.0 Å². The second-order valence-electron chi connectivity index (χ2n) is 2.12. The maximum atomic E-state index is 8.75. The Morgan fingerprint density at radius 2 is 2.10 bits per heavy atom. The van der Waals surface area contributed by atoms with Crippen molar-refractivity contribution in [1.82, 2.24) is 0 Å². The molecule has 0 radical (unpaired) electrons. The quantitative estimate of drug-likeness (QED) is 0.614.